The van der Waals surface area contributed by atoms with Crippen LogP contribution in [0.25, 0.3) is 0 Å². The van der Waals surface area contributed by atoms with E-state index in [0.717, 1.165) is 0 Å². The molecule has 10 nitrogen and oxygen atoms in total. The molecule has 2 saturated carbocycles. The Morgan fingerprint density at radius 1 is 0.545 bits per heavy atom. The number of hydroxylamine groups is 2. The zero-order valence-electron chi connectivity index (χ0n) is 12.2. The molecule has 0 aromatic carbocycles. The fraction of sp³-hybridized carbons (Fsp3) is 1.00. The molecule has 0 aromatic rings. The van der Waals surface area contributed by atoms with Crippen LogP contribution in [-0.4, -0.2) is 43.7 Å². The minimum absolute atomic E-state index is 0.0963. The highest BCUT2D eigenvalue weighted by molar-refractivity contribution is 4.76. The van der Waals surface area contributed by atoms with Crippen LogP contribution >= 0.6 is 0 Å². The Balaban J connectivity index is 2.25. The number of hydrogen-bond donors (Lipinski definition) is 0. The molecule has 10 heteroatoms. The predicted octanol–water partition coefficient (Wildman–Crippen LogP) is 1.63. The highest BCUT2D eigenvalue weighted by Crippen LogP contribution is 2.26. The lowest BCUT2D eigenvalue weighted by molar-refractivity contribution is -1.01. The van der Waals surface area contributed by atoms with Gasteiger partial charge in [-0.05, 0) is 25.7 Å². The molecule has 0 unspecified atom stereocenters. The molecular formula is C12H20N4O6. The third-order valence-corrected chi connectivity index (χ3v) is 4.69. The van der Waals surface area contributed by atoms with E-state index < -0.39 is 34.0 Å². The summed E-state index contributed by atoms with van der Waals surface area (Å²) in [6, 6.07) is -4.23. The first-order chi connectivity index (χ1) is 10.4. The molecule has 0 spiro atoms. The molecule has 2 rings (SSSR count). The third-order valence-electron chi connectivity index (χ3n) is 4.69. The quantitative estimate of drug-likeness (QED) is 0.334. The standard InChI is InChI=1S/C12H20N4O6/c17-13(9-5-1-3-7-11(9)15(19)20)14(18)10-6-2-4-8-12(10)16(21)22/h9-12H,1-8H2/b14-13+/t9-,10-,11-,12+/m1/s1. The maximum absolute atomic E-state index is 12.3. The van der Waals surface area contributed by atoms with E-state index in [2.05, 4.69) is 0 Å². The number of nitro groups is 2. The van der Waals surface area contributed by atoms with Crippen LogP contribution in [0.2, 0.25) is 0 Å². The van der Waals surface area contributed by atoms with Crippen molar-refractivity contribution in [2.75, 3.05) is 0 Å². The van der Waals surface area contributed by atoms with Crippen LogP contribution in [0.4, 0.5) is 0 Å². The van der Waals surface area contributed by atoms with Crippen LogP contribution in [0.5, 0.6) is 0 Å². The van der Waals surface area contributed by atoms with Crippen molar-refractivity contribution in [1.29, 1.82) is 0 Å². The first-order valence-electron chi connectivity index (χ1n) is 7.63. The van der Waals surface area contributed by atoms with Gasteiger partial charge in [0, 0.05) is 45.3 Å². The van der Waals surface area contributed by atoms with Gasteiger partial charge in [0.1, 0.15) is 0 Å². The molecule has 2 fully saturated rings. The average Bonchev–Trinajstić information content (AvgIpc) is 2.53. The Hall–Kier alpha value is -2.00. The topological polar surface area (TPSA) is 138 Å². The van der Waals surface area contributed by atoms with E-state index in [4.69, 9.17) is 0 Å². The fourth-order valence-corrected chi connectivity index (χ4v) is 3.48. The summed E-state index contributed by atoms with van der Waals surface area (Å²) in [5.41, 5.74) is 0. The molecule has 0 bridgehead atoms. The Morgan fingerprint density at radius 2 is 0.818 bits per heavy atom. The molecule has 2 aliphatic rings. The van der Waals surface area contributed by atoms with E-state index >= 15 is 0 Å². The molecule has 0 heterocycles. The smallest absolute Gasteiger partial charge is 0.295 e. The molecule has 124 valence electrons. The van der Waals surface area contributed by atoms with E-state index in [1.165, 1.54) is 0 Å². The summed E-state index contributed by atoms with van der Waals surface area (Å²) < 4.78 is 0. The van der Waals surface area contributed by atoms with Crippen molar-refractivity contribution in [3.63, 3.8) is 0 Å². The van der Waals surface area contributed by atoms with Crippen molar-refractivity contribution in [3.05, 3.63) is 30.6 Å². The van der Waals surface area contributed by atoms with Gasteiger partial charge in [0.05, 0.1) is 0 Å². The van der Waals surface area contributed by atoms with Gasteiger partial charge < -0.3 is 10.4 Å². The summed E-state index contributed by atoms with van der Waals surface area (Å²) in [5, 5.41) is 46.7. The summed E-state index contributed by atoms with van der Waals surface area (Å²) in [7, 11) is 0. The van der Waals surface area contributed by atoms with E-state index in [9.17, 15) is 30.6 Å². The van der Waals surface area contributed by atoms with Gasteiger partial charge in [0.25, 0.3) is 24.2 Å². The van der Waals surface area contributed by atoms with Gasteiger partial charge in [-0.1, -0.05) is 0 Å². The van der Waals surface area contributed by atoms with Crippen LogP contribution in [0, 0.1) is 30.6 Å². The van der Waals surface area contributed by atoms with Crippen molar-refractivity contribution >= 4 is 0 Å². The Labute approximate surface area is 126 Å². The summed E-state index contributed by atoms with van der Waals surface area (Å²) in [4.78, 5) is 21.3. The van der Waals surface area contributed by atoms with E-state index in [0.29, 0.717) is 25.7 Å². The van der Waals surface area contributed by atoms with Gasteiger partial charge in [0.15, 0.2) is 0 Å². The van der Waals surface area contributed by atoms with E-state index in [1.54, 1.807) is 0 Å². The van der Waals surface area contributed by atoms with E-state index in [-0.39, 0.29) is 35.4 Å². The van der Waals surface area contributed by atoms with Crippen LogP contribution in [0.1, 0.15) is 51.4 Å². The number of rotatable bonds is 4. The second-order valence-corrected chi connectivity index (χ2v) is 6.01. The maximum atomic E-state index is 12.3. The van der Waals surface area contributed by atoms with E-state index in [1.807, 2.05) is 0 Å². The predicted molar refractivity (Wildman–Crippen MR) is 73.3 cm³/mol. The monoisotopic (exact) mass is 316 g/mol. The number of azo groups is 1. The van der Waals surface area contributed by atoms with Crippen molar-refractivity contribution in [2.45, 2.75) is 75.5 Å². The Bertz CT molecular complexity index is 440. The first-order valence-corrected chi connectivity index (χ1v) is 7.63. The highest BCUT2D eigenvalue weighted by atomic mass is 16.6. The summed E-state index contributed by atoms with van der Waals surface area (Å²) in [5.74, 6) is 0. The lowest BCUT2D eigenvalue weighted by Gasteiger charge is -2.25. The average molecular weight is 316 g/mol. The summed E-state index contributed by atoms with van der Waals surface area (Å²) in [6.45, 7) is 0. The minimum Gasteiger partial charge on any atom is -0.567 e. The summed E-state index contributed by atoms with van der Waals surface area (Å²) >= 11 is 0. The van der Waals surface area contributed by atoms with Crippen molar-refractivity contribution in [1.82, 2.24) is 0 Å². The molecule has 0 aromatic heterocycles. The van der Waals surface area contributed by atoms with Gasteiger partial charge >= 0.3 is 0 Å². The lowest BCUT2D eigenvalue weighted by atomic mass is 9.90. The molecular weight excluding hydrogens is 296 g/mol. The maximum Gasteiger partial charge on any atom is 0.295 e. The largest absolute Gasteiger partial charge is 0.567 e. The highest BCUT2D eigenvalue weighted by Gasteiger charge is 2.49. The normalized spacial score (nSPS) is 33.8. The number of hydrogen-bond acceptors (Lipinski definition) is 6. The molecule has 0 amide bonds. The molecule has 0 radical (unpaired) electrons. The number of nitrogens with zero attached hydrogens (tertiary/aromatic N) is 4. The van der Waals surface area contributed by atoms with Crippen LogP contribution in [0.15, 0.2) is 0 Å². The Kier molecular flexibility index (Phi) is 5.09. The van der Waals surface area contributed by atoms with Crippen LogP contribution in [0.3, 0.4) is 0 Å². The Morgan fingerprint density at radius 3 is 1.09 bits per heavy atom. The van der Waals surface area contributed by atoms with Crippen molar-refractivity contribution < 1.29 is 19.6 Å². The van der Waals surface area contributed by atoms with Gasteiger partial charge in [-0.15, -0.1) is 0 Å². The first kappa shape index (κ1) is 16.4. The molecule has 0 aliphatic heterocycles. The molecule has 0 N–H and O–H groups in total. The van der Waals surface area contributed by atoms with Crippen molar-refractivity contribution in [3.8, 4) is 0 Å². The van der Waals surface area contributed by atoms with Gasteiger partial charge in [-0.3, -0.25) is 20.2 Å². The molecule has 22 heavy (non-hydrogen) atoms. The third kappa shape index (κ3) is 3.25. The minimum atomic E-state index is -1.08. The van der Waals surface area contributed by atoms with Gasteiger partial charge in [0.2, 0.25) is 0 Å². The van der Waals surface area contributed by atoms with Gasteiger partial charge in [-0.25, -0.2) is 0 Å². The van der Waals surface area contributed by atoms with Crippen LogP contribution in [-0.2, 0) is 0 Å². The van der Waals surface area contributed by atoms with Gasteiger partial charge in [-0.2, -0.15) is 0 Å². The lowest BCUT2D eigenvalue weighted by Crippen LogP contribution is -2.50. The zero-order chi connectivity index (χ0) is 16.3. The molecule has 4 atom stereocenters. The zero-order valence-corrected chi connectivity index (χ0v) is 12.2. The SMILES string of the molecule is O=[N+]([O-])[C@@H]1CCCC[C@H]1/[N+]([O-])=[N+](\[O-])[C@@H]1CCCC[C@@H]1[N+](=O)[O-]. The second kappa shape index (κ2) is 6.84. The van der Waals surface area contributed by atoms with Crippen molar-refractivity contribution in [2.24, 2.45) is 0 Å². The summed E-state index contributed by atoms with van der Waals surface area (Å²) in [6.07, 6.45) is 3.63. The van der Waals surface area contributed by atoms with Crippen LogP contribution < -0.4 is 0 Å². The molecule has 0 saturated heterocycles. The fourth-order valence-electron chi connectivity index (χ4n) is 3.48. The molecule has 2 aliphatic carbocycles. The second-order valence-electron chi connectivity index (χ2n) is 6.01.